The topological polar surface area (TPSA) is 65.8 Å². The summed E-state index contributed by atoms with van der Waals surface area (Å²) in [6, 6.07) is 11.0. The predicted octanol–water partition coefficient (Wildman–Crippen LogP) is 5.10. The molecule has 4 rings (SSSR count). The van der Waals surface area contributed by atoms with Crippen LogP contribution in [0.5, 0.6) is 0 Å². The summed E-state index contributed by atoms with van der Waals surface area (Å²) in [4.78, 5) is 15.8. The van der Waals surface area contributed by atoms with Gasteiger partial charge in [0.15, 0.2) is 0 Å². The molecule has 1 aliphatic rings. The minimum atomic E-state index is -1.24. The van der Waals surface area contributed by atoms with Crippen molar-refractivity contribution in [2.24, 2.45) is 5.10 Å². The molecule has 0 aliphatic heterocycles. The Morgan fingerprint density at radius 3 is 2.72 bits per heavy atom. The van der Waals surface area contributed by atoms with Gasteiger partial charge in [-0.1, -0.05) is 35.6 Å². The van der Waals surface area contributed by atoms with Crippen LogP contribution in [0.4, 0.5) is 13.9 Å². The van der Waals surface area contributed by atoms with Crippen LogP contribution in [0, 0.1) is 17.9 Å². The number of halogens is 2. The van der Waals surface area contributed by atoms with Gasteiger partial charge < -0.3 is 5.11 Å². The molecule has 29 heavy (non-hydrogen) atoms. The van der Waals surface area contributed by atoms with Gasteiger partial charge >= 0.3 is 5.97 Å². The standard InChI is InChI=1S/C21H17F2N3O2S/c1-12-4-2-3-5-16(12)18-19(23)29-21(25-18)26(15-8-9-15)24-11-13-6-7-14(22)10-17(13)20(27)28/h2-7,10-11,15H,8-9H2,1H3,(H,27,28)/b24-11+. The number of aryl methyl sites for hydroxylation is 1. The third kappa shape index (κ3) is 4.02. The molecule has 1 saturated carbocycles. The van der Waals surface area contributed by atoms with Crippen LogP contribution >= 0.6 is 11.3 Å². The maximum Gasteiger partial charge on any atom is 0.336 e. The normalized spacial score (nSPS) is 13.8. The molecule has 1 N–H and O–H groups in total. The van der Waals surface area contributed by atoms with Gasteiger partial charge in [0.05, 0.1) is 17.8 Å². The molecule has 1 fully saturated rings. The van der Waals surface area contributed by atoms with Crippen LogP contribution in [-0.4, -0.2) is 28.3 Å². The maximum absolute atomic E-state index is 14.7. The molecule has 0 radical (unpaired) electrons. The molecule has 3 aromatic rings. The molecule has 0 unspecified atom stereocenters. The summed E-state index contributed by atoms with van der Waals surface area (Å²) in [6.45, 7) is 1.90. The summed E-state index contributed by atoms with van der Waals surface area (Å²) >= 11 is 0.901. The first kappa shape index (κ1) is 19.2. The summed E-state index contributed by atoms with van der Waals surface area (Å²) in [6.07, 6.45) is 3.12. The molecule has 0 spiro atoms. The van der Waals surface area contributed by atoms with Crippen LogP contribution < -0.4 is 5.01 Å². The molecular formula is C21H17F2N3O2S. The Balaban J connectivity index is 1.68. The molecule has 0 bridgehead atoms. The lowest BCUT2D eigenvalue weighted by atomic mass is 10.1. The summed E-state index contributed by atoms with van der Waals surface area (Å²) in [5.74, 6) is -1.88. The highest BCUT2D eigenvalue weighted by Crippen LogP contribution is 2.38. The SMILES string of the molecule is Cc1ccccc1-c1nc(N(/N=C/c2ccc(F)cc2C(=O)O)C2CC2)sc1F. The van der Waals surface area contributed by atoms with Gasteiger partial charge in [-0.25, -0.2) is 19.2 Å². The number of thiazole rings is 1. The number of aromatic nitrogens is 1. The van der Waals surface area contributed by atoms with E-state index in [-0.39, 0.29) is 22.9 Å². The number of hydrogen-bond acceptors (Lipinski definition) is 5. The monoisotopic (exact) mass is 413 g/mol. The maximum atomic E-state index is 14.7. The third-order valence-electron chi connectivity index (χ3n) is 4.63. The summed E-state index contributed by atoms with van der Waals surface area (Å²) in [7, 11) is 0. The van der Waals surface area contributed by atoms with Crippen LogP contribution in [0.15, 0.2) is 47.6 Å². The molecular weight excluding hydrogens is 396 g/mol. The molecule has 1 aliphatic carbocycles. The Morgan fingerprint density at radius 1 is 1.28 bits per heavy atom. The third-order valence-corrected chi connectivity index (χ3v) is 5.46. The van der Waals surface area contributed by atoms with E-state index in [2.05, 4.69) is 10.1 Å². The number of rotatable bonds is 6. The molecule has 148 valence electrons. The lowest BCUT2D eigenvalue weighted by Crippen LogP contribution is -2.19. The van der Waals surface area contributed by atoms with Crippen molar-refractivity contribution in [2.75, 3.05) is 5.01 Å². The fraction of sp³-hybridized carbons (Fsp3) is 0.190. The number of carbonyl (C=O) groups is 1. The Morgan fingerprint density at radius 2 is 2.03 bits per heavy atom. The summed E-state index contributed by atoms with van der Waals surface area (Å²) < 4.78 is 28.0. The van der Waals surface area contributed by atoms with E-state index in [1.165, 1.54) is 18.3 Å². The van der Waals surface area contributed by atoms with E-state index in [4.69, 9.17) is 0 Å². The van der Waals surface area contributed by atoms with E-state index in [1.807, 2.05) is 31.2 Å². The van der Waals surface area contributed by atoms with Gasteiger partial charge in [-0.15, -0.1) is 0 Å². The molecule has 1 aromatic heterocycles. The van der Waals surface area contributed by atoms with Gasteiger partial charge in [0, 0.05) is 11.1 Å². The number of benzene rings is 2. The molecule has 5 nitrogen and oxygen atoms in total. The lowest BCUT2D eigenvalue weighted by molar-refractivity contribution is 0.0696. The molecule has 1 heterocycles. The fourth-order valence-electron chi connectivity index (χ4n) is 2.96. The minimum absolute atomic E-state index is 0.0789. The molecule has 0 amide bonds. The van der Waals surface area contributed by atoms with Crippen molar-refractivity contribution in [2.45, 2.75) is 25.8 Å². The Kier molecular flexibility index (Phi) is 5.10. The van der Waals surface area contributed by atoms with Gasteiger partial charge in [-0.05, 0) is 43.5 Å². The predicted molar refractivity (Wildman–Crippen MR) is 109 cm³/mol. The number of carboxylic acids is 1. The highest BCUT2D eigenvalue weighted by molar-refractivity contribution is 7.14. The van der Waals surface area contributed by atoms with Crippen molar-refractivity contribution in [3.8, 4) is 11.3 Å². The largest absolute Gasteiger partial charge is 0.478 e. The second-order valence-electron chi connectivity index (χ2n) is 6.79. The average molecular weight is 413 g/mol. The Labute approximate surface area is 170 Å². The van der Waals surface area contributed by atoms with Gasteiger partial charge in [-0.2, -0.15) is 9.49 Å². The Hall–Kier alpha value is -3.13. The number of carboxylic acid groups (broad SMARTS) is 1. The summed E-state index contributed by atoms with van der Waals surface area (Å²) in [5.41, 5.74) is 1.99. The van der Waals surface area contributed by atoms with Gasteiger partial charge in [-0.3, -0.25) is 0 Å². The van der Waals surface area contributed by atoms with E-state index in [1.54, 1.807) is 5.01 Å². The zero-order chi connectivity index (χ0) is 20.5. The number of hydrogen-bond donors (Lipinski definition) is 1. The quantitative estimate of drug-likeness (QED) is 0.451. The molecule has 8 heteroatoms. The average Bonchev–Trinajstić information content (AvgIpc) is 3.45. The van der Waals surface area contributed by atoms with Crippen LogP contribution in [0.25, 0.3) is 11.3 Å². The first-order chi connectivity index (χ1) is 13.9. The smallest absolute Gasteiger partial charge is 0.336 e. The second kappa shape index (κ2) is 7.71. The van der Waals surface area contributed by atoms with Gasteiger partial charge in [0.25, 0.3) is 0 Å². The van der Waals surface area contributed by atoms with Crippen molar-refractivity contribution in [3.63, 3.8) is 0 Å². The van der Waals surface area contributed by atoms with Crippen LogP contribution in [0.3, 0.4) is 0 Å². The fourth-order valence-corrected chi connectivity index (χ4v) is 3.80. The molecule has 0 atom stereocenters. The van der Waals surface area contributed by atoms with Crippen molar-refractivity contribution >= 4 is 28.7 Å². The van der Waals surface area contributed by atoms with Gasteiger partial charge in [0.2, 0.25) is 10.3 Å². The zero-order valence-corrected chi connectivity index (χ0v) is 16.3. The number of hydrazone groups is 1. The van der Waals surface area contributed by atoms with E-state index < -0.39 is 16.9 Å². The lowest BCUT2D eigenvalue weighted by Gasteiger charge is -2.14. The molecule has 2 aromatic carbocycles. The Bertz CT molecular complexity index is 1110. The van der Waals surface area contributed by atoms with E-state index in [0.29, 0.717) is 5.13 Å². The van der Waals surface area contributed by atoms with Crippen LogP contribution in [0.1, 0.15) is 34.3 Å². The first-order valence-corrected chi connectivity index (χ1v) is 9.84. The van der Waals surface area contributed by atoms with E-state index in [9.17, 15) is 18.7 Å². The van der Waals surface area contributed by atoms with Crippen molar-refractivity contribution < 1.29 is 18.7 Å². The van der Waals surface area contributed by atoms with E-state index >= 15 is 0 Å². The van der Waals surface area contributed by atoms with Gasteiger partial charge in [0.1, 0.15) is 11.5 Å². The van der Waals surface area contributed by atoms with Crippen molar-refractivity contribution in [1.29, 1.82) is 0 Å². The number of anilines is 1. The van der Waals surface area contributed by atoms with E-state index in [0.717, 1.165) is 41.4 Å². The summed E-state index contributed by atoms with van der Waals surface area (Å²) in [5, 5.41) is 15.3. The highest BCUT2D eigenvalue weighted by atomic mass is 32.1. The zero-order valence-electron chi connectivity index (χ0n) is 15.5. The van der Waals surface area contributed by atoms with Crippen molar-refractivity contribution in [3.05, 3.63) is 70.1 Å². The first-order valence-electron chi connectivity index (χ1n) is 9.02. The minimum Gasteiger partial charge on any atom is -0.478 e. The van der Waals surface area contributed by atoms with Crippen LogP contribution in [0.2, 0.25) is 0 Å². The highest BCUT2D eigenvalue weighted by Gasteiger charge is 2.32. The second-order valence-corrected chi connectivity index (χ2v) is 7.72. The molecule has 0 saturated heterocycles. The van der Waals surface area contributed by atoms with Crippen molar-refractivity contribution in [1.82, 2.24) is 4.98 Å². The number of nitrogens with zero attached hydrogens (tertiary/aromatic N) is 3. The van der Waals surface area contributed by atoms with Crippen LogP contribution in [-0.2, 0) is 0 Å². The number of aromatic carboxylic acids is 1.